The Hall–Kier alpha value is -5.37. The Morgan fingerprint density at radius 3 is 2.00 bits per heavy atom. The molecule has 0 fully saturated rings. The smallest absolute Gasteiger partial charge is 0.335 e. The van der Waals surface area contributed by atoms with Crippen LogP contribution in [0, 0.1) is 5.41 Å². The molecule has 2 atom stereocenters. The number of aromatic carboxylic acids is 1. The summed E-state index contributed by atoms with van der Waals surface area (Å²) >= 11 is 0. The summed E-state index contributed by atoms with van der Waals surface area (Å²) in [5, 5.41) is 22.4. The average molecular weight is 699 g/mol. The van der Waals surface area contributed by atoms with Gasteiger partial charge in [0.2, 0.25) is 21.8 Å². The summed E-state index contributed by atoms with van der Waals surface area (Å²) in [5.41, 5.74) is 15.7. The van der Waals surface area contributed by atoms with E-state index in [9.17, 15) is 27.9 Å². The Kier molecular flexibility index (Phi) is 13.4. The van der Waals surface area contributed by atoms with Crippen molar-refractivity contribution in [3.05, 3.63) is 142 Å². The molecule has 12 nitrogen and oxygen atoms in total. The molecule has 0 aromatic heterocycles. The van der Waals surface area contributed by atoms with Crippen LogP contribution < -0.4 is 26.8 Å². The summed E-state index contributed by atoms with van der Waals surface area (Å²) in [6.07, 6.45) is 1.34. The van der Waals surface area contributed by atoms with E-state index in [4.69, 9.17) is 16.9 Å². The number of rotatable bonds is 18. The minimum atomic E-state index is -4.08. The Balaban J connectivity index is 1.54. The van der Waals surface area contributed by atoms with Gasteiger partial charge in [-0.1, -0.05) is 91.0 Å². The Morgan fingerprint density at radius 1 is 0.740 bits per heavy atom. The van der Waals surface area contributed by atoms with Gasteiger partial charge in [0.1, 0.15) is 17.9 Å². The van der Waals surface area contributed by atoms with Gasteiger partial charge < -0.3 is 27.2 Å². The summed E-state index contributed by atoms with van der Waals surface area (Å²) in [6.45, 7) is 0.428. The van der Waals surface area contributed by atoms with Crippen molar-refractivity contribution in [3.63, 3.8) is 0 Å². The van der Waals surface area contributed by atoms with Gasteiger partial charge in [-0.05, 0) is 59.2 Å². The predicted molar refractivity (Wildman–Crippen MR) is 192 cm³/mol. The number of hydrogen-bond donors (Lipinski definition) is 7. The van der Waals surface area contributed by atoms with Gasteiger partial charge in [0.25, 0.3) is 0 Å². The fourth-order valence-electron chi connectivity index (χ4n) is 5.34. The van der Waals surface area contributed by atoms with Gasteiger partial charge in [0, 0.05) is 25.1 Å². The number of hydrogen-bond acceptors (Lipinski definition) is 7. The van der Waals surface area contributed by atoms with Crippen LogP contribution in [-0.4, -0.2) is 49.2 Å². The standard InChI is InChI=1S/C37H42N6O6S/c38-22-29-10-4-9-28(20-29)21-33(35(44)41-23-26-12-16-30(17-13-26)34(39)40)42-36(45)32(11-5-8-25-6-2-1-3-7-25)43-50(48,49)24-27-14-18-31(19-15-27)37(46)47/h1-4,6-7,9-10,12-20,32-33,43H,5,8,11,21-24,38H2,(H3,39,40)(H,41,44)(H,42,45)(H,46,47)/t32-,33+/m1/s1. The highest BCUT2D eigenvalue weighted by molar-refractivity contribution is 7.88. The van der Waals surface area contributed by atoms with Gasteiger partial charge >= 0.3 is 5.97 Å². The highest BCUT2D eigenvalue weighted by atomic mass is 32.2. The van der Waals surface area contributed by atoms with Gasteiger partial charge in [-0.15, -0.1) is 0 Å². The van der Waals surface area contributed by atoms with E-state index in [1.807, 2.05) is 54.6 Å². The van der Waals surface area contributed by atoms with Gasteiger partial charge in [0.05, 0.1) is 11.3 Å². The third-order valence-corrected chi connectivity index (χ3v) is 9.39. The number of amides is 2. The predicted octanol–water partition coefficient (Wildman–Crippen LogP) is 2.98. The second-order valence-corrected chi connectivity index (χ2v) is 13.7. The average Bonchev–Trinajstić information content (AvgIpc) is 3.10. The van der Waals surface area contributed by atoms with Crippen molar-refractivity contribution in [3.8, 4) is 0 Å². The van der Waals surface area contributed by atoms with Crippen molar-refractivity contribution >= 4 is 33.6 Å². The first-order valence-corrected chi connectivity index (χ1v) is 17.7. The number of nitrogen functional groups attached to an aromatic ring is 1. The topological polar surface area (TPSA) is 218 Å². The lowest BCUT2D eigenvalue weighted by molar-refractivity contribution is -0.130. The molecule has 50 heavy (non-hydrogen) atoms. The number of nitrogens with one attached hydrogen (secondary N) is 4. The van der Waals surface area contributed by atoms with Crippen molar-refractivity contribution < 1.29 is 27.9 Å². The summed E-state index contributed by atoms with van der Waals surface area (Å²) in [6, 6.07) is 27.0. The normalized spacial score (nSPS) is 12.4. The molecule has 0 bridgehead atoms. The monoisotopic (exact) mass is 698 g/mol. The number of aryl methyl sites for hydroxylation is 1. The molecule has 0 aliphatic carbocycles. The molecule has 9 N–H and O–H groups in total. The van der Waals surface area contributed by atoms with E-state index >= 15 is 0 Å². The highest BCUT2D eigenvalue weighted by Crippen LogP contribution is 2.14. The number of amidine groups is 1. The minimum Gasteiger partial charge on any atom is -0.478 e. The van der Waals surface area contributed by atoms with E-state index in [0.717, 1.165) is 22.3 Å². The molecule has 4 rings (SSSR count). The Morgan fingerprint density at radius 2 is 1.36 bits per heavy atom. The van der Waals surface area contributed by atoms with Crippen molar-refractivity contribution in [2.75, 3.05) is 0 Å². The molecule has 0 aliphatic rings. The first kappa shape index (κ1) is 37.4. The molecule has 4 aromatic carbocycles. The van der Waals surface area contributed by atoms with Crippen molar-refractivity contribution in [2.24, 2.45) is 11.5 Å². The van der Waals surface area contributed by atoms with Crippen LogP contribution in [0.2, 0.25) is 0 Å². The maximum absolute atomic E-state index is 13.9. The Labute approximate surface area is 291 Å². The first-order chi connectivity index (χ1) is 23.9. The van der Waals surface area contributed by atoms with Crippen LogP contribution in [0.3, 0.4) is 0 Å². The maximum Gasteiger partial charge on any atom is 0.335 e. The molecule has 0 saturated heterocycles. The van der Waals surface area contributed by atoms with Crippen LogP contribution in [0.25, 0.3) is 0 Å². The molecule has 13 heteroatoms. The Bertz CT molecular complexity index is 1880. The quantitative estimate of drug-likeness (QED) is 0.0604. The summed E-state index contributed by atoms with van der Waals surface area (Å²) in [4.78, 5) is 38.8. The van der Waals surface area contributed by atoms with Crippen molar-refractivity contribution in [2.45, 2.75) is 56.6 Å². The van der Waals surface area contributed by atoms with Gasteiger partial charge in [-0.2, -0.15) is 0 Å². The molecule has 0 aliphatic heterocycles. The molecule has 0 saturated carbocycles. The van der Waals surface area contributed by atoms with E-state index in [2.05, 4.69) is 15.4 Å². The fraction of sp³-hybridized carbons (Fsp3) is 0.243. The summed E-state index contributed by atoms with van der Waals surface area (Å²) < 4.78 is 29.2. The number of nitrogens with two attached hydrogens (primary N) is 2. The molecule has 2 amide bonds. The zero-order chi connectivity index (χ0) is 36.1. The highest BCUT2D eigenvalue weighted by Gasteiger charge is 2.29. The van der Waals surface area contributed by atoms with Gasteiger partial charge in [-0.3, -0.25) is 15.0 Å². The molecular formula is C37H42N6O6S. The number of carbonyl (C=O) groups is 3. The molecule has 0 heterocycles. The number of carboxylic acid groups (broad SMARTS) is 1. The third kappa shape index (κ3) is 11.7. The number of carbonyl (C=O) groups excluding carboxylic acids is 2. The van der Waals surface area contributed by atoms with Gasteiger partial charge in [0.15, 0.2) is 0 Å². The van der Waals surface area contributed by atoms with Gasteiger partial charge in [-0.25, -0.2) is 17.9 Å². The second-order valence-electron chi connectivity index (χ2n) is 11.9. The lowest BCUT2D eigenvalue weighted by Crippen LogP contribution is -2.54. The summed E-state index contributed by atoms with van der Waals surface area (Å²) in [7, 11) is -4.08. The molecule has 262 valence electrons. The van der Waals surface area contributed by atoms with E-state index < -0.39 is 45.6 Å². The van der Waals surface area contributed by atoms with Crippen LogP contribution in [0.15, 0.2) is 103 Å². The van der Waals surface area contributed by atoms with Crippen molar-refractivity contribution in [1.29, 1.82) is 5.41 Å². The van der Waals surface area contributed by atoms with Crippen molar-refractivity contribution in [1.82, 2.24) is 15.4 Å². The molecular weight excluding hydrogens is 657 g/mol. The van der Waals surface area contributed by atoms with Crippen LogP contribution in [0.5, 0.6) is 0 Å². The van der Waals surface area contributed by atoms with Crippen LogP contribution in [0.4, 0.5) is 0 Å². The number of benzene rings is 4. The fourth-order valence-corrected chi connectivity index (χ4v) is 6.71. The maximum atomic E-state index is 13.9. The van der Waals surface area contributed by atoms with Crippen LogP contribution in [0.1, 0.15) is 56.6 Å². The van der Waals surface area contributed by atoms with E-state index in [0.29, 0.717) is 24.0 Å². The van der Waals surface area contributed by atoms with E-state index in [1.54, 1.807) is 24.3 Å². The molecule has 4 aromatic rings. The first-order valence-electron chi connectivity index (χ1n) is 16.1. The third-order valence-electron chi connectivity index (χ3n) is 8.03. The minimum absolute atomic E-state index is 0.0201. The lowest BCUT2D eigenvalue weighted by Gasteiger charge is -2.24. The van der Waals surface area contributed by atoms with E-state index in [-0.39, 0.29) is 37.3 Å². The SMILES string of the molecule is N=C(N)c1ccc(CNC(=O)[C@H](Cc2cccc(CN)c2)NC(=O)[C@@H](CCCc2ccccc2)NS(=O)(=O)Cc2ccc(C(=O)O)cc2)cc1. The molecule has 0 radical (unpaired) electrons. The molecule has 0 unspecified atom stereocenters. The number of sulfonamides is 1. The van der Waals surface area contributed by atoms with E-state index in [1.165, 1.54) is 24.3 Å². The zero-order valence-electron chi connectivity index (χ0n) is 27.5. The number of carboxylic acids is 1. The summed E-state index contributed by atoms with van der Waals surface area (Å²) in [5.74, 6) is -2.83. The zero-order valence-corrected chi connectivity index (χ0v) is 28.3. The van der Waals surface area contributed by atoms with Crippen LogP contribution >= 0.6 is 0 Å². The van der Waals surface area contributed by atoms with Crippen LogP contribution in [-0.2, 0) is 51.3 Å². The molecule has 0 spiro atoms. The lowest BCUT2D eigenvalue weighted by atomic mass is 10.0. The largest absolute Gasteiger partial charge is 0.478 e. The second kappa shape index (κ2) is 17.9.